The van der Waals surface area contributed by atoms with Crippen LogP contribution in [0.4, 0.5) is 0 Å². The highest BCUT2D eigenvalue weighted by molar-refractivity contribution is 5.89. The summed E-state index contributed by atoms with van der Waals surface area (Å²) in [5, 5.41) is 0. The molecule has 1 aromatic carbocycles. The summed E-state index contributed by atoms with van der Waals surface area (Å²) in [4.78, 5) is 32.6. The number of methoxy groups -OCH3 is 1. The number of hydrogen-bond donors (Lipinski definition) is 0. The van der Waals surface area contributed by atoms with Crippen LogP contribution in [0.15, 0.2) is 30.3 Å². The number of benzene rings is 1. The van der Waals surface area contributed by atoms with Crippen molar-refractivity contribution in [1.29, 1.82) is 0 Å². The number of fused-ring (bicyclic) bond motifs is 1. The van der Waals surface area contributed by atoms with Gasteiger partial charge in [0.15, 0.2) is 0 Å². The standard InChI is InChI=1S/C25H37N3O3/c1-31-15-14-27(18-21-10-7-13-26-12-6-5-11-23(21)26)25(30)22-16-24(29)28(19-22)17-20-8-3-2-4-9-20/h2-4,8-9,21-23H,5-7,10-19H2,1H3/t21-,22-,23-/m0/s1. The smallest absolute Gasteiger partial charge is 0.228 e. The molecule has 0 N–H and O–H groups in total. The molecule has 0 spiro atoms. The second kappa shape index (κ2) is 10.6. The van der Waals surface area contributed by atoms with Gasteiger partial charge in [0.25, 0.3) is 0 Å². The monoisotopic (exact) mass is 427 g/mol. The molecule has 0 aliphatic carbocycles. The van der Waals surface area contributed by atoms with Gasteiger partial charge in [0.1, 0.15) is 0 Å². The van der Waals surface area contributed by atoms with Gasteiger partial charge in [0, 0.05) is 45.8 Å². The molecule has 3 saturated heterocycles. The Morgan fingerprint density at radius 1 is 1.13 bits per heavy atom. The lowest BCUT2D eigenvalue weighted by atomic mass is 9.83. The number of nitrogens with zero attached hydrogens (tertiary/aromatic N) is 3. The summed E-state index contributed by atoms with van der Waals surface area (Å²) >= 11 is 0. The van der Waals surface area contributed by atoms with Crippen molar-refractivity contribution in [2.45, 2.75) is 51.1 Å². The van der Waals surface area contributed by atoms with E-state index in [1.807, 2.05) is 40.1 Å². The number of likely N-dealkylation sites (tertiary alicyclic amines) is 1. The van der Waals surface area contributed by atoms with Crippen LogP contribution in [-0.4, -0.2) is 79.0 Å². The Bertz CT molecular complexity index is 739. The van der Waals surface area contributed by atoms with Gasteiger partial charge >= 0.3 is 0 Å². The van der Waals surface area contributed by atoms with Crippen LogP contribution in [0.1, 0.15) is 44.1 Å². The zero-order valence-corrected chi connectivity index (χ0v) is 18.9. The Morgan fingerprint density at radius 3 is 2.74 bits per heavy atom. The molecule has 0 aromatic heterocycles. The largest absolute Gasteiger partial charge is 0.383 e. The van der Waals surface area contributed by atoms with Crippen LogP contribution in [0, 0.1) is 11.8 Å². The summed E-state index contributed by atoms with van der Waals surface area (Å²) in [6, 6.07) is 10.6. The van der Waals surface area contributed by atoms with E-state index in [0.717, 1.165) is 12.1 Å². The third-order valence-corrected chi connectivity index (χ3v) is 7.34. The van der Waals surface area contributed by atoms with E-state index < -0.39 is 0 Å². The number of carbonyl (C=O) groups is 2. The number of rotatable bonds is 8. The van der Waals surface area contributed by atoms with Crippen LogP contribution >= 0.6 is 0 Å². The summed E-state index contributed by atoms with van der Waals surface area (Å²) in [5.41, 5.74) is 1.11. The van der Waals surface area contributed by atoms with Crippen molar-refractivity contribution in [2.24, 2.45) is 11.8 Å². The van der Waals surface area contributed by atoms with Gasteiger partial charge in [-0.2, -0.15) is 0 Å². The van der Waals surface area contributed by atoms with Gasteiger partial charge in [-0.25, -0.2) is 0 Å². The minimum atomic E-state index is -0.237. The third-order valence-electron chi connectivity index (χ3n) is 7.34. The first-order valence-corrected chi connectivity index (χ1v) is 12.0. The maximum Gasteiger partial charge on any atom is 0.228 e. The first-order chi connectivity index (χ1) is 15.2. The van der Waals surface area contributed by atoms with Crippen LogP contribution in [0.5, 0.6) is 0 Å². The quantitative estimate of drug-likeness (QED) is 0.640. The first kappa shape index (κ1) is 22.3. The Hall–Kier alpha value is -1.92. The van der Waals surface area contributed by atoms with Gasteiger partial charge in [-0.15, -0.1) is 0 Å². The van der Waals surface area contributed by atoms with E-state index in [1.165, 1.54) is 45.2 Å². The number of carbonyl (C=O) groups excluding carboxylic acids is 2. The average molecular weight is 428 g/mol. The molecule has 3 aliphatic heterocycles. The second-order valence-corrected chi connectivity index (χ2v) is 9.44. The Morgan fingerprint density at radius 2 is 1.94 bits per heavy atom. The fourth-order valence-electron chi connectivity index (χ4n) is 5.72. The van der Waals surface area contributed by atoms with Gasteiger partial charge in [-0.3, -0.25) is 9.59 Å². The van der Waals surface area contributed by atoms with Crippen LogP contribution in [0.25, 0.3) is 0 Å². The van der Waals surface area contributed by atoms with Crippen LogP contribution in [-0.2, 0) is 20.9 Å². The Labute approximate surface area is 186 Å². The molecular weight excluding hydrogens is 390 g/mol. The van der Waals surface area contributed by atoms with Crippen LogP contribution < -0.4 is 0 Å². The average Bonchev–Trinajstić information content (AvgIpc) is 3.17. The van der Waals surface area contributed by atoms with Crippen molar-refractivity contribution in [3.05, 3.63) is 35.9 Å². The molecule has 1 aromatic rings. The van der Waals surface area contributed by atoms with Crippen molar-refractivity contribution < 1.29 is 14.3 Å². The molecule has 3 heterocycles. The minimum Gasteiger partial charge on any atom is -0.383 e. The molecule has 31 heavy (non-hydrogen) atoms. The van der Waals surface area contributed by atoms with Gasteiger partial charge < -0.3 is 19.4 Å². The van der Waals surface area contributed by atoms with E-state index in [0.29, 0.717) is 44.6 Å². The lowest BCUT2D eigenvalue weighted by molar-refractivity contribution is -0.137. The van der Waals surface area contributed by atoms with E-state index in [9.17, 15) is 9.59 Å². The van der Waals surface area contributed by atoms with Crippen molar-refractivity contribution in [2.75, 3.05) is 46.4 Å². The SMILES string of the molecule is COCCN(C[C@@H]1CCCN2CCCC[C@@H]12)C(=O)[C@H]1CC(=O)N(Cc2ccccc2)C1. The summed E-state index contributed by atoms with van der Waals surface area (Å²) in [7, 11) is 1.69. The van der Waals surface area contributed by atoms with Crippen molar-refractivity contribution >= 4 is 11.8 Å². The Balaban J connectivity index is 1.40. The lowest BCUT2D eigenvalue weighted by Crippen LogP contribution is -2.52. The van der Waals surface area contributed by atoms with Gasteiger partial charge in [0.2, 0.25) is 11.8 Å². The summed E-state index contributed by atoms with van der Waals surface area (Å²) in [5.74, 6) is 0.519. The fourth-order valence-corrected chi connectivity index (χ4v) is 5.72. The molecule has 0 unspecified atom stereocenters. The second-order valence-electron chi connectivity index (χ2n) is 9.44. The maximum atomic E-state index is 13.5. The van der Waals surface area contributed by atoms with Crippen molar-refractivity contribution in [3.8, 4) is 0 Å². The van der Waals surface area contributed by atoms with Crippen molar-refractivity contribution in [3.63, 3.8) is 0 Å². The molecule has 0 bridgehead atoms. The number of piperidine rings is 2. The highest BCUT2D eigenvalue weighted by Gasteiger charge is 2.39. The third kappa shape index (κ3) is 5.47. The van der Waals surface area contributed by atoms with Gasteiger partial charge in [-0.05, 0) is 50.3 Å². The predicted molar refractivity (Wildman–Crippen MR) is 120 cm³/mol. The maximum absolute atomic E-state index is 13.5. The van der Waals surface area contributed by atoms with Crippen LogP contribution in [0.3, 0.4) is 0 Å². The summed E-state index contributed by atoms with van der Waals surface area (Å²) < 4.78 is 5.32. The molecule has 4 rings (SSSR count). The molecule has 170 valence electrons. The highest BCUT2D eigenvalue weighted by atomic mass is 16.5. The Kier molecular flexibility index (Phi) is 7.62. The zero-order valence-electron chi connectivity index (χ0n) is 18.9. The van der Waals surface area contributed by atoms with E-state index in [1.54, 1.807) is 7.11 Å². The molecule has 3 fully saturated rings. The molecule has 6 nitrogen and oxygen atoms in total. The first-order valence-electron chi connectivity index (χ1n) is 12.0. The van der Waals surface area contributed by atoms with Crippen LogP contribution in [0.2, 0.25) is 0 Å². The molecule has 6 heteroatoms. The van der Waals surface area contributed by atoms with E-state index >= 15 is 0 Å². The highest BCUT2D eigenvalue weighted by Crippen LogP contribution is 2.32. The van der Waals surface area contributed by atoms with Crippen molar-refractivity contribution in [1.82, 2.24) is 14.7 Å². The molecule has 3 aliphatic rings. The van der Waals surface area contributed by atoms with Gasteiger partial charge in [0.05, 0.1) is 12.5 Å². The fraction of sp³-hybridized carbons (Fsp3) is 0.680. The zero-order chi connectivity index (χ0) is 21.6. The normalized spacial score (nSPS) is 26.7. The number of hydrogen-bond acceptors (Lipinski definition) is 4. The topological polar surface area (TPSA) is 53.1 Å². The lowest BCUT2D eigenvalue weighted by Gasteiger charge is -2.46. The number of amides is 2. The number of ether oxygens (including phenoxy) is 1. The van der Waals surface area contributed by atoms with E-state index in [4.69, 9.17) is 4.74 Å². The molecule has 3 atom stereocenters. The predicted octanol–water partition coefficient (Wildman–Crippen LogP) is 2.77. The molecule has 0 saturated carbocycles. The molecule has 0 radical (unpaired) electrons. The van der Waals surface area contributed by atoms with E-state index in [2.05, 4.69) is 4.90 Å². The van der Waals surface area contributed by atoms with E-state index in [-0.39, 0.29) is 17.7 Å². The summed E-state index contributed by atoms with van der Waals surface area (Å²) in [6.45, 7) is 5.48. The summed E-state index contributed by atoms with van der Waals surface area (Å²) in [6.07, 6.45) is 6.60. The molecule has 2 amide bonds. The minimum absolute atomic E-state index is 0.0880. The molecular formula is C25H37N3O3. The van der Waals surface area contributed by atoms with Gasteiger partial charge in [-0.1, -0.05) is 36.8 Å².